The third-order valence-electron chi connectivity index (χ3n) is 5.45. The largest absolute Gasteiger partial charge is 0.376 e. The fourth-order valence-corrected chi connectivity index (χ4v) is 3.77. The van der Waals surface area contributed by atoms with Crippen LogP contribution in [0.2, 0.25) is 0 Å². The first kappa shape index (κ1) is 23.3. The third-order valence-corrected chi connectivity index (χ3v) is 5.45. The minimum absolute atomic E-state index is 0.0294. The first-order valence-corrected chi connectivity index (χ1v) is 11.4. The van der Waals surface area contributed by atoms with Crippen LogP contribution in [0.1, 0.15) is 62.2 Å². The number of hydrogen-bond donors (Lipinski definition) is 4. The van der Waals surface area contributed by atoms with E-state index in [1.165, 1.54) is 19.3 Å². The molecule has 0 heterocycles. The monoisotopic (exact) mass is 436 g/mol. The fraction of sp³-hybridized carbons (Fsp3) is 0.400. The molecule has 1 aliphatic rings. The standard InChI is InChI=1S/C25H32N4O3/c1-2-7-23(30)28-22-11-6-10-21(16-22)26-17-24(31)27-20-14-12-18(13-15-20)25(32)29-19-8-4-3-5-9-19/h6,10-16,19,26H,2-5,7-9,17H2,1H3,(H,27,31)(H,28,30)(H,29,32). The highest BCUT2D eigenvalue weighted by Crippen LogP contribution is 2.18. The highest BCUT2D eigenvalue weighted by Gasteiger charge is 2.16. The van der Waals surface area contributed by atoms with Gasteiger partial charge in [0.1, 0.15) is 0 Å². The molecule has 0 atom stereocenters. The maximum absolute atomic E-state index is 12.4. The Balaban J connectivity index is 1.45. The highest BCUT2D eigenvalue weighted by molar-refractivity contribution is 5.97. The Morgan fingerprint density at radius 3 is 2.25 bits per heavy atom. The van der Waals surface area contributed by atoms with Gasteiger partial charge in [-0.25, -0.2) is 0 Å². The molecule has 2 aromatic rings. The van der Waals surface area contributed by atoms with Crippen molar-refractivity contribution in [1.82, 2.24) is 5.32 Å². The average Bonchev–Trinajstić information content (AvgIpc) is 2.79. The number of benzene rings is 2. The number of carbonyl (C=O) groups is 3. The van der Waals surface area contributed by atoms with Crippen LogP contribution in [0, 0.1) is 0 Å². The summed E-state index contributed by atoms with van der Waals surface area (Å²) < 4.78 is 0. The van der Waals surface area contributed by atoms with Crippen LogP contribution in [0.4, 0.5) is 17.1 Å². The van der Waals surface area contributed by atoms with Crippen molar-refractivity contribution < 1.29 is 14.4 Å². The summed E-state index contributed by atoms with van der Waals surface area (Å²) in [5, 5.41) is 11.8. The molecule has 0 spiro atoms. The Labute approximate surface area is 189 Å². The number of anilines is 3. The molecule has 0 aliphatic heterocycles. The fourth-order valence-electron chi connectivity index (χ4n) is 3.77. The molecule has 0 radical (unpaired) electrons. The summed E-state index contributed by atoms with van der Waals surface area (Å²) in [5.74, 6) is -0.301. The molecule has 7 heteroatoms. The van der Waals surface area contributed by atoms with Crippen LogP contribution in [-0.2, 0) is 9.59 Å². The zero-order valence-electron chi connectivity index (χ0n) is 18.6. The van der Waals surface area contributed by atoms with Crippen LogP contribution in [0.3, 0.4) is 0 Å². The second-order valence-corrected chi connectivity index (χ2v) is 8.17. The second kappa shape index (κ2) is 11.9. The Morgan fingerprint density at radius 1 is 0.844 bits per heavy atom. The normalized spacial score (nSPS) is 13.8. The lowest BCUT2D eigenvalue weighted by atomic mass is 9.95. The Kier molecular flexibility index (Phi) is 8.66. The molecule has 2 aromatic carbocycles. The van der Waals surface area contributed by atoms with Crippen molar-refractivity contribution >= 4 is 34.8 Å². The molecule has 32 heavy (non-hydrogen) atoms. The molecule has 0 unspecified atom stereocenters. The van der Waals surface area contributed by atoms with Crippen LogP contribution in [-0.4, -0.2) is 30.3 Å². The Hall–Kier alpha value is -3.35. The second-order valence-electron chi connectivity index (χ2n) is 8.17. The molecule has 1 fully saturated rings. The maximum Gasteiger partial charge on any atom is 0.251 e. The Bertz CT molecular complexity index is 921. The molecule has 0 bridgehead atoms. The van der Waals surface area contributed by atoms with E-state index in [0.717, 1.165) is 24.9 Å². The van der Waals surface area contributed by atoms with Gasteiger partial charge in [0.25, 0.3) is 5.91 Å². The van der Waals surface area contributed by atoms with Gasteiger partial charge in [-0.1, -0.05) is 32.3 Å². The van der Waals surface area contributed by atoms with E-state index in [4.69, 9.17) is 0 Å². The quantitative estimate of drug-likeness (QED) is 0.464. The number of carbonyl (C=O) groups excluding carboxylic acids is 3. The number of nitrogens with one attached hydrogen (secondary N) is 4. The molecule has 0 aromatic heterocycles. The lowest BCUT2D eigenvalue weighted by Crippen LogP contribution is -2.36. The van der Waals surface area contributed by atoms with E-state index in [2.05, 4.69) is 21.3 Å². The van der Waals surface area contributed by atoms with E-state index in [1.807, 2.05) is 25.1 Å². The van der Waals surface area contributed by atoms with Gasteiger partial charge in [0.15, 0.2) is 0 Å². The SMILES string of the molecule is CCCC(=O)Nc1cccc(NCC(=O)Nc2ccc(C(=O)NC3CCCCC3)cc2)c1. The number of rotatable bonds is 9. The smallest absolute Gasteiger partial charge is 0.251 e. The third kappa shape index (κ3) is 7.41. The van der Waals surface area contributed by atoms with Gasteiger partial charge in [-0.05, 0) is 61.7 Å². The molecule has 4 N–H and O–H groups in total. The molecule has 1 aliphatic carbocycles. The predicted molar refractivity (Wildman–Crippen MR) is 128 cm³/mol. The van der Waals surface area contributed by atoms with E-state index < -0.39 is 0 Å². The summed E-state index contributed by atoms with van der Waals surface area (Å²) in [4.78, 5) is 36.4. The summed E-state index contributed by atoms with van der Waals surface area (Å²) >= 11 is 0. The average molecular weight is 437 g/mol. The minimum atomic E-state index is -0.204. The van der Waals surface area contributed by atoms with Gasteiger partial charge in [-0.3, -0.25) is 14.4 Å². The first-order valence-electron chi connectivity index (χ1n) is 11.4. The molecule has 3 rings (SSSR count). The molecular formula is C25H32N4O3. The van der Waals surface area contributed by atoms with Gasteiger partial charge in [-0.2, -0.15) is 0 Å². The molecule has 7 nitrogen and oxygen atoms in total. The van der Waals surface area contributed by atoms with Crippen LogP contribution < -0.4 is 21.3 Å². The maximum atomic E-state index is 12.4. The van der Waals surface area contributed by atoms with E-state index in [0.29, 0.717) is 23.4 Å². The summed E-state index contributed by atoms with van der Waals surface area (Å²) in [5.41, 5.74) is 2.65. The topological polar surface area (TPSA) is 99.3 Å². The van der Waals surface area contributed by atoms with Crippen molar-refractivity contribution in [2.45, 2.75) is 57.9 Å². The predicted octanol–water partition coefficient (Wildman–Crippen LogP) is 4.54. The van der Waals surface area contributed by atoms with Gasteiger partial charge in [0, 0.05) is 35.1 Å². The van der Waals surface area contributed by atoms with Gasteiger partial charge >= 0.3 is 0 Å². The summed E-state index contributed by atoms with van der Waals surface area (Å²) in [6.45, 7) is 2.03. The van der Waals surface area contributed by atoms with E-state index >= 15 is 0 Å². The van der Waals surface area contributed by atoms with Gasteiger partial charge in [0.05, 0.1) is 6.54 Å². The zero-order chi connectivity index (χ0) is 22.8. The molecule has 1 saturated carbocycles. The van der Waals surface area contributed by atoms with Crippen molar-refractivity contribution in [3.05, 3.63) is 54.1 Å². The van der Waals surface area contributed by atoms with Crippen molar-refractivity contribution in [3.8, 4) is 0 Å². The highest BCUT2D eigenvalue weighted by atomic mass is 16.2. The van der Waals surface area contributed by atoms with Crippen LogP contribution in [0.15, 0.2) is 48.5 Å². The first-order chi connectivity index (χ1) is 15.5. The van der Waals surface area contributed by atoms with Crippen molar-refractivity contribution in [2.24, 2.45) is 0 Å². The van der Waals surface area contributed by atoms with Gasteiger partial charge < -0.3 is 21.3 Å². The molecule has 170 valence electrons. The number of hydrogen-bond acceptors (Lipinski definition) is 4. The van der Waals surface area contributed by atoms with Crippen molar-refractivity contribution in [1.29, 1.82) is 0 Å². The van der Waals surface area contributed by atoms with E-state index in [-0.39, 0.29) is 30.3 Å². The summed E-state index contributed by atoms with van der Waals surface area (Å²) in [6, 6.07) is 14.4. The molecule has 0 saturated heterocycles. The van der Waals surface area contributed by atoms with Crippen LogP contribution in [0.5, 0.6) is 0 Å². The van der Waals surface area contributed by atoms with Gasteiger partial charge in [-0.15, -0.1) is 0 Å². The molecular weight excluding hydrogens is 404 g/mol. The molecule has 3 amide bonds. The zero-order valence-corrected chi connectivity index (χ0v) is 18.6. The minimum Gasteiger partial charge on any atom is -0.376 e. The lowest BCUT2D eigenvalue weighted by molar-refractivity contribution is -0.116. The van der Waals surface area contributed by atoms with Crippen molar-refractivity contribution in [3.63, 3.8) is 0 Å². The summed E-state index contributed by atoms with van der Waals surface area (Å²) in [6.07, 6.45) is 6.93. The van der Waals surface area contributed by atoms with Crippen LogP contribution >= 0.6 is 0 Å². The van der Waals surface area contributed by atoms with Crippen molar-refractivity contribution in [2.75, 3.05) is 22.5 Å². The summed E-state index contributed by atoms with van der Waals surface area (Å²) in [7, 11) is 0. The lowest BCUT2D eigenvalue weighted by Gasteiger charge is -2.22. The Morgan fingerprint density at radius 2 is 1.53 bits per heavy atom. The van der Waals surface area contributed by atoms with E-state index in [1.54, 1.807) is 30.3 Å². The van der Waals surface area contributed by atoms with Gasteiger partial charge in [0.2, 0.25) is 11.8 Å². The van der Waals surface area contributed by atoms with E-state index in [9.17, 15) is 14.4 Å². The van der Waals surface area contributed by atoms with Crippen LogP contribution in [0.25, 0.3) is 0 Å². The number of amides is 3.